The summed E-state index contributed by atoms with van der Waals surface area (Å²) in [5.74, 6) is 0.516. The van der Waals surface area contributed by atoms with E-state index in [-0.39, 0.29) is 11.9 Å². The molecule has 2 N–H and O–H groups in total. The molecule has 1 heterocycles. The van der Waals surface area contributed by atoms with Crippen LogP contribution in [-0.2, 0) is 7.05 Å². The average molecular weight is 375 g/mol. The van der Waals surface area contributed by atoms with Crippen molar-refractivity contribution in [3.05, 3.63) is 83.2 Å². The SMILES string of the molecule is Cn1ccnc1[C@H](NC(=S)Nc1ccc(F)cc1)c1ccc(Cl)cc1. The summed E-state index contributed by atoms with van der Waals surface area (Å²) in [5.41, 5.74) is 1.68. The number of rotatable bonds is 4. The summed E-state index contributed by atoms with van der Waals surface area (Å²) in [5, 5.41) is 7.39. The van der Waals surface area contributed by atoms with E-state index in [2.05, 4.69) is 15.6 Å². The highest BCUT2D eigenvalue weighted by Gasteiger charge is 2.19. The van der Waals surface area contributed by atoms with E-state index in [1.807, 2.05) is 42.1 Å². The molecule has 0 unspecified atom stereocenters. The fourth-order valence-electron chi connectivity index (χ4n) is 2.44. The van der Waals surface area contributed by atoms with Gasteiger partial charge >= 0.3 is 0 Å². The highest BCUT2D eigenvalue weighted by atomic mass is 35.5. The van der Waals surface area contributed by atoms with E-state index < -0.39 is 0 Å². The van der Waals surface area contributed by atoms with Gasteiger partial charge in [-0.1, -0.05) is 23.7 Å². The maximum absolute atomic E-state index is 13.0. The molecule has 0 spiro atoms. The van der Waals surface area contributed by atoms with Crippen molar-refractivity contribution in [1.82, 2.24) is 14.9 Å². The second-order valence-electron chi connectivity index (χ2n) is 5.49. The van der Waals surface area contributed by atoms with Crippen LogP contribution in [0.25, 0.3) is 0 Å². The lowest BCUT2D eigenvalue weighted by Crippen LogP contribution is -2.34. The molecule has 1 aromatic heterocycles. The Labute approximate surface area is 155 Å². The minimum atomic E-state index is -0.295. The van der Waals surface area contributed by atoms with Crippen molar-refractivity contribution in [1.29, 1.82) is 0 Å². The molecule has 3 aromatic rings. The third-order valence-electron chi connectivity index (χ3n) is 3.70. The van der Waals surface area contributed by atoms with Crippen molar-refractivity contribution >= 4 is 34.6 Å². The zero-order valence-corrected chi connectivity index (χ0v) is 15.0. The summed E-state index contributed by atoms with van der Waals surface area (Å²) < 4.78 is 14.9. The van der Waals surface area contributed by atoms with Gasteiger partial charge in [0, 0.05) is 30.2 Å². The first-order chi connectivity index (χ1) is 12.0. The van der Waals surface area contributed by atoms with Crippen LogP contribution in [0.2, 0.25) is 5.02 Å². The molecule has 3 rings (SSSR count). The number of halogens is 2. The Morgan fingerprint density at radius 1 is 1.16 bits per heavy atom. The van der Waals surface area contributed by atoms with Gasteiger partial charge in [-0.25, -0.2) is 9.37 Å². The summed E-state index contributed by atoms with van der Waals surface area (Å²) in [6, 6.07) is 13.3. The fourth-order valence-corrected chi connectivity index (χ4v) is 2.80. The predicted octanol–water partition coefficient (Wildman–Crippen LogP) is 4.29. The number of imidazole rings is 1. The molecule has 0 amide bonds. The van der Waals surface area contributed by atoms with Gasteiger partial charge in [0.2, 0.25) is 0 Å². The molecule has 0 bridgehead atoms. The maximum Gasteiger partial charge on any atom is 0.171 e. The molecule has 2 aromatic carbocycles. The van der Waals surface area contributed by atoms with Crippen molar-refractivity contribution in [3.8, 4) is 0 Å². The van der Waals surface area contributed by atoms with Crippen LogP contribution in [0.1, 0.15) is 17.4 Å². The van der Waals surface area contributed by atoms with Gasteiger partial charge in [0.25, 0.3) is 0 Å². The van der Waals surface area contributed by atoms with Gasteiger partial charge in [-0.15, -0.1) is 0 Å². The molecule has 4 nitrogen and oxygen atoms in total. The number of nitrogens with zero attached hydrogens (tertiary/aromatic N) is 2. The first-order valence-corrected chi connectivity index (χ1v) is 8.37. The Balaban J connectivity index is 1.82. The van der Waals surface area contributed by atoms with Gasteiger partial charge in [0.15, 0.2) is 5.11 Å². The summed E-state index contributed by atoms with van der Waals surface area (Å²) in [7, 11) is 1.92. The average Bonchev–Trinajstić information content (AvgIpc) is 3.01. The molecule has 25 heavy (non-hydrogen) atoms. The van der Waals surface area contributed by atoms with Gasteiger partial charge in [-0.3, -0.25) is 0 Å². The maximum atomic E-state index is 13.0. The Morgan fingerprint density at radius 3 is 2.44 bits per heavy atom. The number of aromatic nitrogens is 2. The molecule has 0 aliphatic heterocycles. The minimum Gasteiger partial charge on any atom is -0.348 e. The van der Waals surface area contributed by atoms with E-state index >= 15 is 0 Å². The van der Waals surface area contributed by atoms with Crippen molar-refractivity contribution < 1.29 is 4.39 Å². The van der Waals surface area contributed by atoms with Gasteiger partial charge in [-0.2, -0.15) is 0 Å². The monoisotopic (exact) mass is 374 g/mol. The van der Waals surface area contributed by atoms with Crippen LogP contribution in [0.5, 0.6) is 0 Å². The normalized spacial score (nSPS) is 11.8. The second-order valence-corrected chi connectivity index (χ2v) is 6.33. The molecule has 1 atom stereocenters. The molecule has 0 aliphatic carbocycles. The fraction of sp³-hybridized carbons (Fsp3) is 0.111. The van der Waals surface area contributed by atoms with Crippen LogP contribution in [-0.4, -0.2) is 14.7 Å². The van der Waals surface area contributed by atoms with E-state index in [1.165, 1.54) is 12.1 Å². The molecule has 7 heteroatoms. The Morgan fingerprint density at radius 2 is 1.84 bits per heavy atom. The number of thiocarbonyl (C=S) groups is 1. The molecular formula is C18H16ClFN4S. The lowest BCUT2D eigenvalue weighted by Gasteiger charge is -2.21. The summed E-state index contributed by atoms with van der Waals surface area (Å²) in [6.45, 7) is 0. The van der Waals surface area contributed by atoms with Gasteiger partial charge in [0.05, 0.1) is 0 Å². The summed E-state index contributed by atoms with van der Waals surface area (Å²) >= 11 is 11.4. The summed E-state index contributed by atoms with van der Waals surface area (Å²) in [6.07, 6.45) is 3.60. The summed E-state index contributed by atoms with van der Waals surface area (Å²) in [4.78, 5) is 4.42. The van der Waals surface area contributed by atoms with Gasteiger partial charge in [-0.05, 0) is 54.2 Å². The smallest absolute Gasteiger partial charge is 0.171 e. The number of aryl methyl sites for hydroxylation is 1. The van der Waals surface area contributed by atoms with Crippen LogP contribution in [0, 0.1) is 5.82 Å². The second kappa shape index (κ2) is 7.63. The first kappa shape index (κ1) is 17.4. The van der Waals surface area contributed by atoms with Crippen molar-refractivity contribution in [2.45, 2.75) is 6.04 Å². The van der Waals surface area contributed by atoms with Crippen molar-refractivity contribution in [2.24, 2.45) is 7.05 Å². The van der Waals surface area contributed by atoms with Crippen LogP contribution in [0.15, 0.2) is 60.9 Å². The standard InChI is InChI=1S/C18H16ClFN4S/c1-24-11-10-21-17(24)16(12-2-4-13(19)5-3-12)23-18(25)22-15-8-6-14(20)7-9-15/h2-11,16H,1H3,(H2,22,23,25)/t16-/m1/s1. The number of hydrogen-bond acceptors (Lipinski definition) is 2. The number of benzene rings is 2. The zero-order valence-electron chi connectivity index (χ0n) is 13.4. The van der Waals surface area contributed by atoms with E-state index in [4.69, 9.17) is 23.8 Å². The van der Waals surface area contributed by atoms with Crippen molar-refractivity contribution in [2.75, 3.05) is 5.32 Å². The molecular weight excluding hydrogens is 359 g/mol. The number of nitrogens with one attached hydrogen (secondary N) is 2. The first-order valence-electron chi connectivity index (χ1n) is 7.59. The molecule has 128 valence electrons. The van der Waals surface area contributed by atoms with E-state index in [0.717, 1.165) is 11.4 Å². The highest BCUT2D eigenvalue weighted by Crippen LogP contribution is 2.22. The minimum absolute atomic E-state index is 0.252. The Bertz CT molecular complexity index is 862. The van der Waals surface area contributed by atoms with Gasteiger partial charge < -0.3 is 15.2 Å². The third-order valence-corrected chi connectivity index (χ3v) is 4.17. The van der Waals surface area contributed by atoms with E-state index in [0.29, 0.717) is 15.8 Å². The lowest BCUT2D eigenvalue weighted by molar-refractivity contribution is 0.628. The largest absolute Gasteiger partial charge is 0.348 e. The van der Waals surface area contributed by atoms with E-state index in [9.17, 15) is 4.39 Å². The van der Waals surface area contributed by atoms with Crippen LogP contribution in [0.3, 0.4) is 0 Å². The highest BCUT2D eigenvalue weighted by molar-refractivity contribution is 7.80. The molecule has 0 fully saturated rings. The zero-order chi connectivity index (χ0) is 17.8. The number of hydrogen-bond donors (Lipinski definition) is 2. The third kappa shape index (κ3) is 4.35. The predicted molar refractivity (Wildman–Crippen MR) is 102 cm³/mol. The van der Waals surface area contributed by atoms with Crippen molar-refractivity contribution in [3.63, 3.8) is 0 Å². The number of anilines is 1. The molecule has 0 aliphatic rings. The van der Waals surface area contributed by atoms with Gasteiger partial charge in [0.1, 0.15) is 17.7 Å². The topological polar surface area (TPSA) is 41.9 Å². The van der Waals surface area contributed by atoms with Crippen LogP contribution >= 0.6 is 23.8 Å². The Kier molecular flexibility index (Phi) is 5.31. The van der Waals surface area contributed by atoms with Crippen LogP contribution < -0.4 is 10.6 Å². The molecule has 0 saturated heterocycles. The molecule has 0 saturated carbocycles. The Hall–Kier alpha value is -2.44. The molecule has 0 radical (unpaired) electrons. The van der Waals surface area contributed by atoms with E-state index in [1.54, 1.807) is 18.3 Å². The van der Waals surface area contributed by atoms with Crippen LogP contribution in [0.4, 0.5) is 10.1 Å². The quantitative estimate of drug-likeness (QED) is 0.668. The lowest BCUT2D eigenvalue weighted by atomic mass is 10.1.